The van der Waals surface area contributed by atoms with Crippen LogP contribution in [0.5, 0.6) is 0 Å². The molecule has 0 saturated heterocycles. The average Bonchev–Trinajstić information content (AvgIpc) is 3.09. The van der Waals surface area contributed by atoms with Crippen LogP contribution in [0.1, 0.15) is 10.4 Å². The Morgan fingerprint density at radius 1 is 0.778 bits per heavy atom. The van der Waals surface area contributed by atoms with E-state index in [-0.39, 0.29) is 5.91 Å². The van der Waals surface area contributed by atoms with Crippen molar-refractivity contribution < 1.29 is 4.79 Å². The van der Waals surface area contributed by atoms with Crippen LogP contribution < -0.4 is 4.80 Å². The predicted octanol–water partition coefficient (Wildman–Crippen LogP) is 5.16. The molecule has 1 aromatic heterocycles. The lowest BCUT2D eigenvalue weighted by molar-refractivity contribution is 0.0998. The molecule has 3 aromatic carbocycles. The van der Waals surface area contributed by atoms with Gasteiger partial charge in [0.25, 0.3) is 5.91 Å². The highest BCUT2D eigenvalue weighted by Gasteiger charge is 2.08. The van der Waals surface area contributed by atoms with Gasteiger partial charge in [-0.15, -0.1) is 11.3 Å². The highest BCUT2D eigenvalue weighted by molar-refractivity contribution is 7.07. The number of carbonyl (C=O) groups excluding carboxylic acids is 1. The van der Waals surface area contributed by atoms with E-state index in [4.69, 9.17) is 0 Å². The van der Waals surface area contributed by atoms with E-state index >= 15 is 0 Å². The van der Waals surface area contributed by atoms with Gasteiger partial charge in [-0.1, -0.05) is 72.8 Å². The third-order valence-corrected chi connectivity index (χ3v) is 5.35. The molecular formula is C23H18N2OS. The number of hydrogen-bond donors (Lipinski definition) is 0. The largest absolute Gasteiger partial charge is 0.319 e. The molecule has 4 aromatic rings. The fourth-order valence-corrected chi connectivity index (χ4v) is 3.83. The molecule has 4 rings (SSSR count). The van der Waals surface area contributed by atoms with Crippen LogP contribution >= 0.6 is 11.3 Å². The molecule has 0 aliphatic heterocycles. The van der Waals surface area contributed by atoms with E-state index in [2.05, 4.69) is 41.4 Å². The lowest BCUT2D eigenvalue weighted by Crippen LogP contribution is -2.14. The van der Waals surface area contributed by atoms with Crippen molar-refractivity contribution in [1.82, 2.24) is 4.57 Å². The average molecular weight is 370 g/mol. The summed E-state index contributed by atoms with van der Waals surface area (Å²) in [7, 11) is 1.94. The smallest absolute Gasteiger partial charge is 0.279 e. The molecule has 132 valence electrons. The van der Waals surface area contributed by atoms with Crippen LogP contribution in [0.15, 0.2) is 95.3 Å². The van der Waals surface area contributed by atoms with Gasteiger partial charge in [-0.3, -0.25) is 4.79 Å². The molecule has 0 aliphatic carbocycles. The lowest BCUT2D eigenvalue weighted by atomic mass is 10.0. The van der Waals surface area contributed by atoms with Crippen molar-refractivity contribution in [1.29, 1.82) is 0 Å². The zero-order valence-corrected chi connectivity index (χ0v) is 15.7. The van der Waals surface area contributed by atoms with Crippen LogP contribution in [0, 0.1) is 0 Å². The van der Waals surface area contributed by atoms with Gasteiger partial charge in [-0.05, 0) is 28.8 Å². The molecular weight excluding hydrogens is 352 g/mol. The van der Waals surface area contributed by atoms with Gasteiger partial charge in [0.15, 0.2) is 4.80 Å². The Morgan fingerprint density at radius 2 is 1.33 bits per heavy atom. The zero-order valence-electron chi connectivity index (χ0n) is 14.9. The SMILES string of the molecule is Cn1c(-c2ccc(-c3ccccc3)cc2)csc1=NC(=O)c1ccccc1. The van der Waals surface area contributed by atoms with Crippen molar-refractivity contribution in [3.63, 3.8) is 0 Å². The summed E-state index contributed by atoms with van der Waals surface area (Å²) >= 11 is 1.47. The number of hydrogen-bond acceptors (Lipinski definition) is 2. The topological polar surface area (TPSA) is 34.4 Å². The van der Waals surface area contributed by atoms with Crippen molar-refractivity contribution >= 4 is 17.2 Å². The lowest BCUT2D eigenvalue weighted by Gasteiger charge is -2.05. The fourth-order valence-electron chi connectivity index (χ4n) is 2.93. The second-order valence-electron chi connectivity index (χ2n) is 6.19. The Balaban J connectivity index is 1.64. The first kappa shape index (κ1) is 17.2. The molecule has 0 fully saturated rings. The third kappa shape index (κ3) is 3.66. The van der Waals surface area contributed by atoms with Gasteiger partial charge >= 0.3 is 0 Å². The molecule has 0 unspecified atom stereocenters. The molecule has 0 aliphatic rings. The van der Waals surface area contributed by atoms with Crippen molar-refractivity contribution in [2.45, 2.75) is 0 Å². The Hall–Kier alpha value is -3.24. The molecule has 1 heterocycles. The van der Waals surface area contributed by atoms with Crippen LogP contribution in [0.25, 0.3) is 22.4 Å². The van der Waals surface area contributed by atoms with Crippen molar-refractivity contribution in [2.75, 3.05) is 0 Å². The van der Waals surface area contributed by atoms with Crippen molar-refractivity contribution in [3.8, 4) is 22.4 Å². The Labute approximate surface area is 161 Å². The van der Waals surface area contributed by atoms with Gasteiger partial charge in [0.2, 0.25) is 0 Å². The van der Waals surface area contributed by atoms with Crippen LogP contribution in [-0.2, 0) is 7.05 Å². The Kier molecular flexibility index (Phi) is 4.81. The minimum absolute atomic E-state index is 0.223. The normalized spacial score (nSPS) is 11.5. The standard InChI is InChI=1S/C23H18N2OS/c1-25-21(16-27-23(25)24-22(26)20-10-6-3-7-11-20)19-14-12-18(13-15-19)17-8-4-2-5-9-17/h2-16H,1H3. The van der Waals surface area contributed by atoms with E-state index in [0.29, 0.717) is 10.4 Å². The summed E-state index contributed by atoms with van der Waals surface area (Å²) in [6.45, 7) is 0. The van der Waals surface area contributed by atoms with Gasteiger partial charge in [-0.25, -0.2) is 0 Å². The summed E-state index contributed by atoms with van der Waals surface area (Å²) in [5, 5.41) is 2.04. The summed E-state index contributed by atoms with van der Waals surface area (Å²) in [4.78, 5) is 17.3. The van der Waals surface area contributed by atoms with E-state index in [1.807, 2.05) is 53.4 Å². The first-order valence-corrected chi connectivity index (χ1v) is 9.55. The molecule has 27 heavy (non-hydrogen) atoms. The van der Waals surface area contributed by atoms with Crippen molar-refractivity contribution in [2.24, 2.45) is 12.0 Å². The van der Waals surface area contributed by atoms with Gasteiger partial charge in [0.05, 0.1) is 5.69 Å². The quantitative estimate of drug-likeness (QED) is 0.490. The summed E-state index contributed by atoms with van der Waals surface area (Å²) in [5.41, 5.74) is 5.12. The summed E-state index contributed by atoms with van der Waals surface area (Å²) in [5.74, 6) is -0.223. The Morgan fingerprint density at radius 3 is 2.00 bits per heavy atom. The molecule has 4 heteroatoms. The van der Waals surface area contributed by atoms with E-state index in [9.17, 15) is 4.79 Å². The number of amides is 1. The van der Waals surface area contributed by atoms with Crippen LogP contribution in [0.2, 0.25) is 0 Å². The minimum Gasteiger partial charge on any atom is -0.319 e. The maximum atomic E-state index is 12.3. The van der Waals surface area contributed by atoms with Crippen LogP contribution in [-0.4, -0.2) is 10.5 Å². The van der Waals surface area contributed by atoms with E-state index in [1.165, 1.54) is 22.5 Å². The number of rotatable bonds is 3. The minimum atomic E-state index is -0.223. The molecule has 0 N–H and O–H groups in total. The monoisotopic (exact) mass is 370 g/mol. The zero-order chi connectivity index (χ0) is 18.6. The van der Waals surface area contributed by atoms with E-state index in [1.54, 1.807) is 12.1 Å². The summed E-state index contributed by atoms with van der Waals surface area (Å²) < 4.78 is 1.96. The molecule has 0 atom stereocenters. The number of nitrogens with zero attached hydrogens (tertiary/aromatic N) is 2. The molecule has 0 bridgehead atoms. The predicted molar refractivity (Wildman–Crippen MR) is 110 cm³/mol. The number of benzene rings is 3. The molecule has 0 spiro atoms. The first-order valence-electron chi connectivity index (χ1n) is 8.67. The number of thiazole rings is 1. The van der Waals surface area contributed by atoms with Gasteiger partial charge < -0.3 is 4.57 Å². The molecule has 0 radical (unpaired) electrons. The summed E-state index contributed by atoms with van der Waals surface area (Å²) in [6.07, 6.45) is 0. The van der Waals surface area contributed by atoms with Gasteiger partial charge in [-0.2, -0.15) is 4.99 Å². The second-order valence-corrected chi connectivity index (χ2v) is 7.03. The highest BCUT2D eigenvalue weighted by Crippen LogP contribution is 2.24. The van der Waals surface area contributed by atoms with Gasteiger partial charge in [0.1, 0.15) is 0 Å². The van der Waals surface area contributed by atoms with E-state index in [0.717, 1.165) is 11.3 Å². The molecule has 3 nitrogen and oxygen atoms in total. The van der Waals surface area contributed by atoms with Crippen LogP contribution in [0.4, 0.5) is 0 Å². The maximum Gasteiger partial charge on any atom is 0.279 e. The fraction of sp³-hybridized carbons (Fsp3) is 0.0435. The van der Waals surface area contributed by atoms with Crippen LogP contribution in [0.3, 0.4) is 0 Å². The number of carbonyl (C=O) groups is 1. The summed E-state index contributed by atoms with van der Waals surface area (Å²) in [6, 6.07) is 27.9. The number of aromatic nitrogens is 1. The van der Waals surface area contributed by atoms with E-state index < -0.39 is 0 Å². The van der Waals surface area contributed by atoms with Gasteiger partial charge in [0, 0.05) is 18.0 Å². The first-order chi connectivity index (χ1) is 13.2. The van der Waals surface area contributed by atoms with Crippen molar-refractivity contribution in [3.05, 3.63) is 101 Å². The highest BCUT2D eigenvalue weighted by atomic mass is 32.1. The third-order valence-electron chi connectivity index (χ3n) is 4.43. The Bertz CT molecular complexity index is 1120. The molecule has 0 saturated carbocycles. The molecule has 1 amide bonds. The second kappa shape index (κ2) is 7.56. The maximum absolute atomic E-state index is 12.3.